The average Bonchev–Trinajstić information content (AvgIpc) is 3.05. The normalized spacial score (nSPS) is 18.2. The standard InChI is InChI=1S/C19H29N3O.HI/c1-3-23-18-9-11-22(12-10-18)19(20-2)21-14-15-7-8-16-5-4-6-17(16)13-15;/h7-8,13,18H,3-6,9-12,14H2,1-2H3,(H,20,21);1H. The van der Waals surface area contributed by atoms with Crippen molar-refractivity contribution in [3.8, 4) is 0 Å². The van der Waals surface area contributed by atoms with Crippen LogP contribution in [0.2, 0.25) is 0 Å². The fourth-order valence-electron chi connectivity index (χ4n) is 3.72. The van der Waals surface area contributed by atoms with Gasteiger partial charge in [-0.1, -0.05) is 18.2 Å². The number of hydrogen-bond acceptors (Lipinski definition) is 2. The topological polar surface area (TPSA) is 36.9 Å². The zero-order chi connectivity index (χ0) is 16.1. The van der Waals surface area contributed by atoms with Gasteiger partial charge in [-0.05, 0) is 55.7 Å². The Hall–Kier alpha value is -0.820. The number of aliphatic imine (C=N–C) groups is 1. The quantitative estimate of drug-likeness (QED) is 0.441. The molecule has 0 saturated carbocycles. The van der Waals surface area contributed by atoms with Gasteiger partial charge in [-0.15, -0.1) is 24.0 Å². The van der Waals surface area contributed by atoms with Crippen molar-refractivity contribution < 1.29 is 4.74 Å². The van der Waals surface area contributed by atoms with E-state index in [0.29, 0.717) is 6.10 Å². The second kappa shape index (κ2) is 9.61. The first-order chi connectivity index (χ1) is 11.3. The van der Waals surface area contributed by atoms with E-state index in [0.717, 1.165) is 45.0 Å². The summed E-state index contributed by atoms with van der Waals surface area (Å²) in [5.74, 6) is 1.01. The maximum Gasteiger partial charge on any atom is 0.193 e. The van der Waals surface area contributed by atoms with Crippen LogP contribution in [0.5, 0.6) is 0 Å². The van der Waals surface area contributed by atoms with E-state index in [1.807, 2.05) is 7.05 Å². The van der Waals surface area contributed by atoms with Crippen LogP contribution in [0.15, 0.2) is 23.2 Å². The molecule has 0 atom stereocenters. The molecule has 4 nitrogen and oxygen atoms in total. The molecule has 1 N–H and O–H groups in total. The summed E-state index contributed by atoms with van der Waals surface area (Å²) in [6.45, 7) is 5.79. The van der Waals surface area contributed by atoms with Crippen LogP contribution in [0, 0.1) is 0 Å². The van der Waals surface area contributed by atoms with Gasteiger partial charge in [0.05, 0.1) is 6.10 Å². The first-order valence-electron chi connectivity index (χ1n) is 8.98. The largest absolute Gasteiger partial charge is 0.378 e. The molecule has 1 aromatic carbocycles. The second-order valence-corrected chi connectivity index (χ2v) is 6.50. The molecule has 0 radical (unpaired) electrons. The van der Waals surface area contributed by atoms with E-state index < -0.39 is 0 Å². The number of halogens is 1. The molecule has 0 amide bonds. The van der Waals surface area contributed by atoms with Gasteiger partial charge in [-0.2, -0.15) is 0 Å². The predicted molar refractivity (Wildman–Crippen MR) is 110 cm³/mol. The fourth-order valence-corrected chi connectivity index (χ4v) is 3.72. The van der Waals surface area contributed by atoms with Crippen LogP contribution in [-0.4, -0.2) is 43.7 Å². The van der Waals surface area contributed by atoms with Gasteiger partial charge < -0.3 is 15.0 Å². The van der Waals surface area contributed by atoms with Gasteiger partial charge in [0.1, 0.15) is 0 Å². The molecule has 1 fully saturated rings. The highest BCUT2D eigenvalue weighted by atomic mass is 127. The lowest BCUT2D eigenvalue weighted by atomic mass is 10.1. The average molecular weight is 443 g/mol. The number of fused-ring (bicyclic) bond motifs is 1. The zero-order valence-corrected chi connectivity index (χ0v) is 17.2. The van der Waals surface area contributed by atoms with Gasteiger partial charge in [-0.25, -0.2) is 0 Å². The number of aryl methyl sites for hydroxylation is 2. The molecule has 1 heterocycles. The first kappa shape index (κ1) is 19.5. The van der Waals surface area contributed by atoms with Crippen molar-refractivity contribution in [2.45, 2.75) is 51.7 Å². The van der Waals surface area contributed by atoms with Gasteiger partial charge in [0.2, 0.25) is 0 Å². The van der Waals surface area contributed by atoms with Gasteiger partial charge in [0, 0.05) is 33.3 Å². The molecule has 0 unspecified atom stereocenters. The number of guanidine groups is 1. The van der Waals surface area contributed by atoms with Crippen molar-refractivity contribution in [3.63, 3.8) is 0 Å². The molecule has 0 aromatic heterocycles. The molecule has 1 aliphatic carbocycles. The van der Waals surface area contributed by atoms with Crippen LogP contribution in [0.1, 0.15) is 42.9 Å². The lowest BCUT2D eigenvalue weighted by molar-refractivity contribution is 0.0263. The van der Waals surface area contributed by atoms with Gasteiger partial charge in [0.15, 0.2) is 5.96 Å². The first-order valence-corrected chi connectivity index (χ1v) is 8.98. The summed E-state index contributed by atoms with van der Waals surface area (Å²) >= 11 is 0. The highest BCUT2D eigenvalue weighted by Gasteiger charge is 2.21. The minimum Gasteiger partial charge on any atom is -0.378 e. The van der Waals surface area contributed by atoms with Crippen LogP contribution < -0.4 is 5.32 Å². The number of hydrogen-bond donors (Lipinski definition) is 1. The number of piperidine rings is 1. The van der Waals surface area contributed by atoms with E-state index in [9.17, 15) is 0 Å². The van der Waals surface area contributed by atoms with Crippen molar-refractivity contribution in [1.82, 2.24) is 10.2 Å². The summed E-state index contributed by atoms with van der Waals surface area (Å²) in [5.41, 5.74) is 4.43. The van der Waals surface area contributed by atoms with Gasteiger partial charge in [0.25, 0.3) is 0 Å². The summed E-state index contributed by atoms with van der Waals surface area (Å²) < 4.78 is 5.73. The summed E-state index contributed by atoms with van der Waals surface area (Å²) in [6.07, 6.45) is 6.40. The molecule has 1 saturated heterocycles. The summed E-state index contributed by atoms with van der Waals surface area (Å²) in [7, 11) is 1.87. The Morgan fingerprint density at radius 1 is 1.25 bits per heavy atom. The number of rotatable bonds is 4. The van der Waals surface area contributed by atoms with Crippen LogP contribution in [0.4, 0.5) is 0 Å². The lowest BCUT2D eigenvalue weighted by Gasteiger charge is -2.34. The van der Waals surface area contributed by atoms with Crippen molar-refractivity contribution in [2.24, 2.45) is 4.99 Å². The van der Waals surface area contributed by atoms with Crippen LogP contribution >= 0.6 is 24.0 Å². The van der Waals surface area contributed by atoms with E-state index in [1.165, 1.54) is 36.0 Å². The third kappa shape index (κ3) is 4.85. The Kier molecular flexibility index (Phi) is 7.81. The number of benzene rings is 1. The van der Waals surface area contributed by atoms with E-state index in [4.69, 9.17) is 4.74 Å². The van der Waals surface area contributed by atoms with Crippen LogP contribution in [-0.2, 0) is 24.1 Å². The minimum atomic E-state index is 0. The van der Waals surface area contributed by atoms with Crippen LogP contribution in [0.3, 0.4) is 0 Å². The molecule has 0 bridgehead atoms. The summed E-state index contributed by atoms with van der Waals surface area (Å²) in [6, 6.07) is 6.92. The molecule has 24 heavy (non-hydrogen) atoms. The maximum absolute atomic E-state index is 5.73. The predicted octanol–water partition coefficient (Wildman–Crippen LogP) is 3.37. The molecule has 3 rings (SSSR count). The SMILES string of the molecule is CCOC1CCN(C(=NC)NCc2ccc3c(c2)CCC3)CC1.I. The summed E-state index contributed by atoms with van der Waals surface area (Å²) in [5, 5.41) is 3.53. The fraction of sp³-hybridized carbons (Fsp3) is 0.632. The molecule has 1 aliphatic heterocycles. The Balaban J connectivity index is 0.00000208. The lowest BCUT2D eigenvalue weighted by Crippen LogP contribution is -2.46. The molecular formula is C19H30IN3O. The molecule has 2 aliphatic rings. The molecule has 0 spiro atoms. The Labute approximate surface area is 163 Å². The van der Waals surface area contributed by atoms with E-state index in [2.05, 4.69) is 40.3 Å². The smallest absolute Gasteiger partial charge is 0.193 e. The summed E-state index contributed by atoms with van der Waals surface area (Å²) in [4.78, 5) is 6.81. The number of nitrogens with one attached hydrogen (secondary N) is 1. The molecule has 134 valence electrons. The highest BCUT2D eigenvalue weighted by molar-refractivity contribution is 14.0. The second-order valence-electron chi connectivity index (χ2n) is 6.50. The number of likely N-dealkylation sites (tertiary alicyclic amines) is 1. The molecular weight excluding hydrogens is 413 g/mol. The number of ether oxygens (including phenoxy) is 1. The van der Waals surface area contributed by atoms with E-state index >= 15 is 0 Å². The third-order valence-corrected chi connectivity index (χ3v) is 4.97. The minimum absolute atomic E-state index is 0. The Morgan fingerprint density at radius 3 is 2.71 bits per heavy atom. The Bertz CT molecular complexity index is 554. The monoisotopic (exact) mass is 443 g/mol. The van der Waals surface area contributed by atoms with Gasteiger partial charge in [-0.3, -0.25) is 4.99 Å². The zero-order valence-electron chi connectivity index (χ0n) is 14.9. The van der Waals surface area contributed by atoms with Crippen molar-refractivity contribution in [2.75, 3.05) is 26.7 Å². The molecule has 1 aromatic rings. The van der Waals surface area contributed by atoms with Crippen molar-refractivity contribution in [1.29, 1.82) is 0 Å². The van der Waals surface area contributed by atoms with E-state index in [1.54, 1.807) is 0 Å². The number of nitrogens with zero attached hydrogens (tertiary/aromatic N) is 2. The van der Waals surface area contributed by atoms with Gasteiger partial charge >= 0.3 is 0 Å². The maximum atomic E-state index is 5.73. The van der Waals surface area contributed by atoms with Crippen LogP contribution in [0.25, 0.3) is 0 Å². The third-order valence-electron chi connectivity index (χ3n) is 4.97. The Morgan fingerprint density at radius 2 is 2.00 bits per heavy atom. The van der Waals surface area contributed by atoms with E-state index in [-0.39, 0.29) is 24.0 Å². The van der Waals surface area contributed by atoms with Crippen molar-refractivity contribution in [3.05, 3.63) is 34.9 Å². The van der Waals surface area contributed by atoms with Crippen molar-refractivity contribution >= 4 is 29.9 Å². The molecule has 5 heteroatoms. The highest BCUT2D eigenvalue weighted by Crippen LogP contribution is 2.22.